The predicted octanol–water partition coefficient (Wildman–Crippen LogP) is 3.84. The first-order valence-electron chi connectivity index (χ1n) is 11.2. The zero-order valence-corrected chi connectivity index (χ0v) is 18.7. The first kappa shape index (κ1) is 22.0. The second-order valence-corrected chi connectivity index (χ2v) is 8.26. The molecular weight excluding hydrogens is 404 g/mol. The second-order valence-electron chi connectivity index (χ2n) is 8.26. The molecule has 7 nitrogen and oxygen atoms in total. The number of hydrogen-bond acceptors (Lipinski definition) is 6. The molecule has 7 heteroatoms. The molecule has 0 unspecified atom stereocenters. The fraction of sp³-hybridized carbons (Fsp3) is 0.400. The summed E-state index contributed by atoms with van der Waals surface area (Å²) in [6.45, 7) is 7.68. The van der Waals surface area contributed by atoms with Crippen molar-refractivity contribution in [2.24, 2.45) is 0 Å². The number of rotatable bonds is 7. The number of benzene rings is 1. The lowest BCUT2D eigenvalue weighted by Crippen LogP contribution is -2.44. The molecule has 0 atom stereocenters. The van der Waals surface area contributed by atoms with E-state index in [1.54, 1.807) is 35.7 Å². The molecule has 3 aromatic rings. The number of likely N-dealkylation sites (tertiary alicyclic amines) is 1. The molecule has 0 bridgehead atoms. The van der Waals surface area contributed by atoms with Gasteiger partial charge < -0.3 is 14.4 Å². The summed E-state index contributed by atoms with van der Waals surface area (Å²) in [7, 11) is 0. The topological polar surface area (TPSA) is 82.7 Å². The third-order valence-electron chi connectivity index (χ3n) is 6.45. The van der Waals surface area contributed by atoms with Crippen LogP contribution >= 0.6 is 0 Å². The summed E-state index contributed by atoms with van der Waals surface area (Å²) >= 11 is 0. The van der Waals surface area contributed by atoms with Crippen LogP contribution in [0.5, 0.6) is 5.75 Å². The van der Waals surface area contributed by atoms with E-state index in [4.69, 9.17) is 4.42 Å². The summed E-state index contributed by atoms with van der Waals surface area (Å²) in [5.74, 6) is 1.82. The van der Waals surface area contributed by atoms with Crippen molar-refractivity contribution in [2.45, 2.75) is 38.6 Å². The third kappa shape index (κ3) is 4.39. The Bertz CT molecular complexity index is 1020. The van der Waals surface area contributed by atoms with E-state index in [9.17, 15) is 9.90 Å². The largest absolute Gasteiger partial charge is 0.508 e. The monoisotopic (exact) mass is 434 g/mol. The smallest absolute Gasteiger partial charge is 0.256 e. The van der Waals surface area contributed by atoms with Crippen LogP contribution in [-0.2, 0) is 12.0 Å². The Balaban J connectivity index is 1.62. The number of furan rings is 1. The summed E-state index contributed by atoms with van der Waals surface area (Å²) in [6.07, 6.45) is 6.59. The van der Waals surface area contributed by atoms with Gasteiger partial charge in [-0.25, -0.2) is 9.97 Å². The van der Waals surface area contributed by atoms with Crippen LogP contribution < -0.4 is 0 Å². The van der Waals surface area contributed by atoms with Crippen molar-refractivity contribution in [1.29, 1.82) is 0 Å². The quantitative estimate of drug-likeness (QED) is 0.608. The highest BCUT2D eigenvalue weighted by Crippen LogP contribution is 2.41. The van der Waals surface area contributed by atoms with Crippen LogP contribution in [0.3, 0.4) is 0 Å². The van der Waals surface area contributed by atoms with Gasteiger partial charge in [0.1, 0.15) is 17.3 Å². The van der Waals surface area contributed by atoms with E-state index in [2.05, 4.69) is 14.9 Å². The third-order valence-corrected chi connectivity index (χ3v) is 6.45. The van der Waals surface area contributed by atoms with Crippen molar-refractivity contribution in [3.8, 4) is 5.75 Å². The summed E-state index contributed by atoms with van der Waals surface area (Å²) in [5, 5.41) is 10.1. The zero-order chi connectivity index (χ0) is 22.6. The SMILES string of the molecule is CCN(CC)C(=O)c1cnc(C2(c3cccc(O)c3)CCN(Cc3ccco3)CC2)nc1. The Kier molecular flexibility index (Phi) is 6.55. The number of hydrogen-bond donors (Lipinski definition) is 1. The van der Waals surface area contributed by atoms with E-state index >= 15 is 0 Å². The van der Waals surface area contributed by atoms with Crippen molar-refractivity contribution < 1.29 is 14.3 Å². The number of nitrogens with zero attached hydrogens (tertiary/aromatic N) is 4. The van der Waals surface area contributed by atoms with Crippen LogP contribution in [0.4, 0.5) is 0 Å². The molecule has 0 aliphatic carbocycles. The average Bonchev–Trinajstić information content (AvgIpc) is 3.34. The standard InChI is InChI=1S/C25H30N4O3/c1-3-29(4-2)23(31)19-16-26-24(27-17-19)25(20-7-5-8-21(30)15-20)10-12-28(13-11-25)18-22-9-6-14-32-22/h5-9,14-17,30H,3-4,10-13,18H2,1-2H3. The minimum Gasteiger partial charge on any atom is -0.508 e. The fourth-order valence-corrected chi connectivity index (χ4v) is 4.54. The molecule has 1 aromatic carbocycles. The average molecular weight is 435 g/mol. The molecule has 1 aliphatic rings. The van der Waals surface area contributed by atoms with Crippen LogP contribution in [0.1, 0.15) is 54.2 Å². The van der Waals surface area contributed by atoms with Crippen molar-refractivity contribution in [1.82, 2.24) is 19.8 Å². The van der Waals surface area contributed by atoms with Crippen LogP contribution in [-0.4, -0.2) is 57.0 Å². The maximum absolute atomic E-state index is 12.7. The van der Waals surface area contributed by atoms with Gasteiger partial charge in [0.25, 0.3) is 5.91 Å². The van der Waals surface area contributed by atoms with E-state index in [1.807, 2.05) is 38.1 Å². The van der Waals surface area contributed by atoms with Gasteiger partial charge in [-0.05, 0) is 69.6 Å². The fourth-order valence-electron chi connectivity index (χ4n) is 4.54. The molecule has 1 fully saturated rings. The van der Waals surface area contributed by atoms with Gasteiger partial charge in [0.2, 0.25) is 0 Å². The van der Waals surface area contributed by atoms with Crippen LogP contribution in [0, 0.1) is 0 Å². The molecule has 1 aliphatic heterocycles. The molecule has 4 rings (SSSR count). The summed E-state index contributed by atoms with van der Waals surface area (Å²) in [5.41, 5.74) is 1.08. The molecule has 0 spiro atoms. The molecule has 0 radical (unpaired) electrons. The number of carbonyl (C=O) groups is 1. The molecule has 168 valence electrons. The Labute approximate surface area is 188 Å². The Hall–Kier alpha value is -3.19. The number of aromatic hydroxyl groups is 1. The lowest BCUT2D eigenvalue weighted by molar-refractivity contribution is 0.0772. The van der Waals surface area contributed by atoms with Gasteiger partial charge in [-0.3, -0.25) is 9.69 Å². The molecule has 1 saturated heterocycles. The Morgan fingerprint density at radius 2 is 1.84 bits per heavy atom. The van der Waals surface area contributed by atoms with Gasteiger partial charge in [0.05, 0.1) is 23.8 Å². The summed E-state index contributed by atoms with van der Waals surface area (Å²) < 4.78 is 5.51. The van der Waals surface area contributed by atoms with E-state index in [0.717, 1.165) is 43.8 Å². The number of amides is 1. The van der Waals surface area contributed by atoms with Crippen LogP contribution in [0.2, 0.25) is 0 Å². The number of phenols is 1. The van der Waals surface area contributed by atoms with E-state index in [0.29, 0.717) is 24.5 Å². The van der Waals surface area contributed by atoms with Gasteiger partial charge in [-0.1, -0.05) is 12.1 Å². The molecular formula is C25H30N4O3. The van der Waals surface area contributed by atoms with Crippen molar-refractivity contribution in [2.75, 3.05) is 26.2 Å². The molecule has 0 saturated carbocycles. The molecule has 1 amide bonds. The maximum atomic E-state index is 12.7. The first-order valence-corrected chi connectivity index (χ1v) is 11.2. The number of phenolic OH excluding ortho intramolecular Hbond substituents is 1. The first-order chi connectivity index (χ1) is 15.6. The van der Waals surface area contributed by atoms with Gasteiger partial charge in [-0.15, -0.1) is 0 Å². The predicted molar refractivity (Wildman–Crippen MR) is 121 cm³/mol. The zero-order valence-electron chi connectivity index (χ0n) is 18.7. The van der Waals surface area contributed by atoms with Crippen molar-refractivity contribution in [3.63, 3.8) is 0 Å². The number of piperidine rings is 1. The van der Waals surface area contributed by atoms with Gasteiger partial charge in [0, 0.05) is 25.5 Å². The lowest BCUT2D eigenvalue weighted by Gasteiger charge is -2.41. The minimum absolute atomic E-state index is 0.0544. The van der Waals surface area contributed by atoms with E-state index in [1.165, 1.54) is 0 Å². The number of carbonyl (C=O) groups excluding carboxylic acids is 1. The Morgan fingerprint density at radius 1 is 1.12 bits per heavy atom. The lowest BCUT2D eigenvalue weighted by atomic mass is 9.72. The minimum atomic E-state index is -0.421. The highest BCUT2D eigenvalue weighted by molar-refractivity contribution is 5.93. The maximum Gasteiger partial charge on any atom is 0.256 e. The van der Waals surface area contributed by atoms with Crippen LogP contribution in [0.15, 0.2) is 59.5 Å². The summed E-state index contributed by atoms with van der Waals surface area (Å²) in [4.78, 5) is 26.2. The molecule has 32 heavy (non-hydrogen) atoms. The molecule has 1 N–H and O–H groups in total. The molecule has 2 aromatic heterocycles. The van der Waals surface area contributed by atoms with E-state index in [-0.39, 0.29) is 11.7 Å². The van der Waals surface area contributed by atoms with Gasteiger partial charge in [0.15, 0.2) is 0 Å². The highest BCUT2D eigenvalue weighted by Gasteiger charge is 2.40. The highest BCUT2D eigenvalue weighted by atomic mass is 16.3. The number of aromatic nitrogens is 2. The molecule has 3 heterocycles. The summed E-state index contributed by atoms with van der Waals surface area (Å²) in [6, 6.07) is 11.3. The van der Waals surface area contributed by atoms with Crippen LogP contribution in [0.25, 0.3) is 0 Å². The van der Waals surface area contributed by atoms with Crippen molar-refractivity contribution >= 4 is 5.91 Å². The Morgan fingerprint density at radius 3 is 2.44 bits per heavy atom. The van der Waals surface area contributed by atoms with Gasteiger partial charge in [-0.2, -0.15) is 0 Å². The van der Waals surface area contributed by atoms with Gasteiger partial charge >= 0.3 is 0 Å². The normalized spacial score (nSPS) is 16.1. The second kappa shape index (κ2) is 9.53. The van der Waals surface area contributed by atoms with Crippen molar-refractivity contribution in [3.05, 3.63) is 77.8 Å². The van der Waals surface area contributed by atoms with E-state index < -0.39 is 5.41 Å².